The van der Waals surface area contributed by atoms with Gasteiger partial charge in [0.15, 0.2) is 6.10 Å². The molecule has 2 aromatic rings. The molecule has 126 valence electrons. The van der Waals surface area contributed by atoms with Gasteiger partial charge in [0, 0.05) is 10.0 Å². The minimum Gasteiger partial charge on any atom is -0.449 e. The first-order valence-electron chi connectivity index (χ1n) is 7.40. The van der Waals surface area contributed by atoms with Gasteiger partial charge < -0.3 is 10.1 Å². The first kappa shape index (κ1) is 18.3. The van der Waals surface area contributed by atoms with E-state index in [1.807, 2.05) is 0 Å². The number of nitrogens with one attached hydrogen (secondary N) is 1. The number of benzene rings is 2. The summed E-state index contributed by atoms with van der Waals surface area (Å²) in [4.78, 5) is 24.2. The monoisotopic (exact) mass is 365 g/mol. The molecule has 0 radical (unpaired) electrons. The van der Waals surface area contributed by atoms with Gasteiger partial charge in [-0.2, -0.15) is 0 Å². The Balaban J connectivity index is 1.97. The highest BCUT2D eigenvalue weighted by molar-refractivity contribution is 6.35. The summed E-state index contributed by atoms with van der Waals surface area (Å²) in [5, 5.41) is 3.75. The van der Waals surface area contributed by atoms with Crippen LogP contribution in [0.3, 0.4) is 0 Å². The Morgan fingerprint density at radius 3 is 2.33 bits per heavy atom. The van der Waals surface area contributed by atoms with E-state index in [1.165, 1.54) is 6.92 Å². The predicted octanol–water partition coefficient (Wildman–Crippen LogP) is 4.42. The molecule has 0 saturated carbocycles. The molecule has 4 nitrogen and oxygen atoms in total. The number of carbonyl (C=O) groups is 2. The Labute approximate surface area is 150 Å². The fourth-order valence-corrected chi connectivity index (χ4v) is 2.69. The van der Waals surface area contributed by atoms with Crippen LogP contribution in [0.5, 0.6) is 0 Å². The summed E-state index contributed by atoms with van der Waals surface area (Å²) in [5.74, 6) is -0.951. The average Bonchev–Trinajstić information content (AvgIpc) is 2.55. The summed E-state index contributed by atoms with van der Waals surface area (Å²) in [6, 6.07) is 13.2. The van der Waals surface area contributed by atoms with E-state index in [-0.39, 0.29) is 6.04 Å². The largest absolute Gasteiger partial charge is 0.449 e. The number of hydrogen-bond acceptors (Lipinski definition) is 3. The molecule has 1 N–H and O–H groups in total. The average molecular weight is 366 g/mol. The lowest BCUT2D eigenvalue weighted by atomic mass is 10.1. The van der Waals surface area contributed by atoms with Crippen LogP contribution in [0.1, 0.15) is 35.8 Å². The summed E-state index contributed by atoms with van der Waals surface area (Å²) in [7, 11) is 0. The second-order valence-electron chi connectivity index (χ2n) is 5.31. The zero-order valence-electron chi connectivity index (χ0n) is 13.3. The van der Waals surface area contributed by atoms with Crippen molar-refractivity contribution in [2.45, 2.75) is 26.0 Å². The predicted molar refractivity (Wildman–Crippen MR) is 94.3 cm³/mol. The maximum absolute atomic E-state index is 12.2. The van der Waals surface area contributed by atoms with E-state index in [9.17, 15) is 9.59 Å². The van der Waals surface area contributed by atoms with Crippen molar-refractivity contribution in [3.8, 4) is 0 Å². The summed E-state index contributed by atoms with van der Waals surface area (Å²) < 4.78 is 5.18. The molecule has 2 aromatic carbocycles. The van der Waals surface area contributed by atoms with E-state index in [0.717, 1.165) is 5.56 Å². The van der Waals surface area contributed by atoms with Crippen LogP contribution in [0.15, 0.2) is 48.5 Å². The zero-order valence-corrected chi connectivity index (χ0v) is 14.8. The second-order valence-corrected chi connectivity index (χ2v) is 6.15. The fraction of sp³-hybridized carbons (Fsp3) is 0.222. The number of rotatable bonds is 5. The zero-order chi connectivity index (χ0) is 17.7. The topological polar surface area (TPSA) is 55.4 Å². The lowest BCUT2D eigenvalue weighted by Gasteiger charge is -2.19. The van der Waals surface area contributed by atoms with Crippen molar-refractivity contribution in [3.05, 3.63) is 69.7 Å². The third-order valence-corrected chi connectivity index (χ3v) is 4.01. The molecule has 0 saturated heterocycles. The second kappa shape index (κ2) is 8.18. The smallest absolute Gasteiger partial charge is 0.338 e. The van der Waals surface area contributed by atoms with Crippen molar-refractivity contribution < 1.29 is 14.3 Å². The van der Waals surface area contributed by atoms with Gasteiger partial charge in [0.2, 0.25) is 0 Å². The number of ether oxygens (including phenoxy) is 1. The highest BCUT2D eigenvalue weighted by atomic mass is 35.5. The van der Waals surface area contributed by atoms with Crippen LogP contribution in [-0.4, -0.2) is 18.0 Å². The number of halogens is 2. The Hall–Kier alpha value is -2.04. The molecule has 2 rings (SSSR count). The Kier molecular flexibility index (Phi) is 6.23. The molecule has 2 atom stereocenters. The van der Waals surface area contributed by atoms with Crippen LogP contribution in [0, 0.1) is 0 Å². The van der Waals surface area contributed by atoms with Gasteiger partial charge in [-0.15, -0.1) is 0 Å². The van der Waals surface area contributed by atoms with Crippen LogP contribution >= 0.6 is 23.2 Å². The van der Waals surface area contributed by atoms with Gasteiger partial charge in [0.25, 0.3) is 5.91 Å². The maximum atomic E-state index is 12.2. The van der Waals surface area contributed by atoms with Gasteiger partial charge in [-0.3, -0.25) is 4.79 Å². The molecule has 0 aliphatic rings. The molecule has 0 aliphatic carbocycles. The van der Waals surface area contributed by atoms with E-state index in [4.69, 9.17) is 27.9 Å². The Bertz CT molecular complexity index is 734. The van der Waals surface area contributed by atoms with E-state index >= 15 is 0 Å². The molecule has 0 bridgehead atoms. The van der Waals surface area contributed by atoms with Crippen molar-refractivity contribution in [1.82, 2.24) is 5.32 Å². The molecular weight excluding hydrogens is 349 g/mol. The number of esters is 1. The number of hydrogen-bond donors (Lipinski definition) is 1. The first-order chi connectivity index (χ1) is 11.4. The van der Waals surface area contributed by atoms with Gasteiger partial charge in [-0.25, -0.2) is 4.79 Å². The van der Waals surface area contributed by atoms with Crippen molar-refractivity contribution in [2.24, 2.45) is 0 Å². The lowest BCUT2D eigenvalue weighted by Crippen LogP contribution is -2.37. The Morgan fingerprint density at radius 1 is 1.04 bits per heavy atom. The highest BCUT2D eigenvalue weighted by Crippen LogP contribution is 2.26. The normalized spacial score (nSPS) is 13.0. The molecule has 0 unspecified atom stereocenters. The summed E-state index contributed by atoms with van der Waals surface area (Å²) in [6.45, 7) is 3.31. The molecule has 24 heavy (non-hydrogen) atoms. The minimum atomic E-state index is -0.925. The van der Waals surface area contributed by atoms with E-state index in [1.54, 1.807) is 55.5 Å². The minimum absolute atomic E-state index is 0.347. The summed E-state index contributed by atoms with van der Waals surface area (Å²) >= 11 is 12.0. The van der Waals surface area contributed by atoms with Crippen LogP contribution < -0.4 is 5.32 Å². The quantitative estimate of drug-likeness (QED) is 0.798. The molecular formula is C18H17Cl2NO3. The molecule has 0 heterocycles. The highest BCUT2D eigenvalue weighted by Gasteiger charge is 2.21. The number of amides is 1. The van der Waals surface area contributed by atoms with Crippen molar-refractivity contribution in [2.75, 3.05) is 0 Å². The van der Waals surface area contributed by atoms with Crippen molar-refractivity contribution in [1.29, 1.82) is 0 Å². The molecule has 6 heteroatoms. The van der Waals surface area contributed by atoms with Gasteiger partial charge in [-0.1, -0.05) is 47.5 Å². The maximum Gasteiger partial charge on any atom is 0.338 e. The lowest BCUT2D eigenvalue weighted by molar-refractivity contribution is -0.129. The third-order valence-electron chi connectivity index (χ3n) is 3.45. The van der Waals surface area contributed by atoms with Crippen LogP contribution in [0.4, 0.5) is 0 Å². The molecule has 0 fully saturated rings. The van der Waals surface area contributed by atoms with Crippen molar-refractivity contribution >= 4 is 35.1 Å². The third kappa shape index (κ3) is 4.73. The van der Waals surface area contributed by atoms with E-state index in [2.05, 4.69) is 5.32 Å². The van der Waals surface area contributed by atoms with Crippen molar-refractivity contribution in [3.63, 3.8) is 0 Å². The van der Waals surface area contributed by atoms with E-state index in [0.29, 0.717) is 15.6 Å². The molecule has 1 amide bonds. The van der Waals surface area contributed by atoms with E-state index < -0.39 is 18.0 Å². The van der Waals surface area contributed by atoms with Crippen LogP contribution in [-0.2, 0) is 9.53 Å². The van der Waals surface area contributed by atoms with Gasteiger partial charge in [0.05, 0.1) is 11.6 Å². The molecule has 0 spiro atoms. The molecule has 0 aromatic heterocycles. The summed E-state index contributed by atoms with van der Waals surface area (Å²) in [6.07, 6.45) is -0.925. The molecule has 0 aliphatic heterocycles. The van der Waals surface area contributed by atoms with Gasteiger partial charge >= 0.3 is 5.97 Å². The van der Waals surface area contributed by atoms with Crippen LogP contribution in [0.25, 0.3) is 0 Å². The fourth-order valence-electron chi connectivity index (χ4n) is 2.12. The SMILES string of the molecule is C[C@H](OC(=O)c1ccccc1)C(=O)N[C@@H](C)c1ccc(Cl)cc1Cl. The Morgan fingerprint density at radius 2 is 1.71 bits per heavy atom. The van der Waals surface area contributed by atoms with Crippen LogP contribution in [0.2, 0.25) is 10.0 Å². The van der Waals surface area contributed by atoms with Gasteiger partial charge in [0.1, 0.15) is 0 Å². The first-order valence-corrected chi connectivity index (χ1v) is 8.15. The summed E-state index contributed by atoms with van der Waals surface area (Å²) in [5.41, 5.74) is 1.13. The number of carbonyl (C=O) groups excluding carboxylic acids is 2. The van der Waals surface area contributed by atoms with Gasteiger partial charge in [-0.05, 0) is 43.7 Å². The standard InChI is InChI=1S/C18H17Cl2NO3/c1-11(15-9-8-14(19)10-16(15)20)21-17(22)12(2)24-18(23)13-6-4-3-5-7-13/h3-12H,1-2H3,(H,21,22)/t11-,12-/m0/s1.